The molecule has 0 aliphatic carbocycles. The molecule has 3 nitrogen and oxygen atoms in total. The molecule has 1 aromatic carbocycles. The van der Waals surface area contributed by atoms with E-state index in [-0.39, 0.29) is 6.04 Å². The van der Waals surface area contributed by atoms with E-state index in [1.807, 2.05) is 38.4 Å². The smallest absolute Gasteiger partial charge is 0.145 e. The number of nitrogens with one attached hydrogen (secondary N) is 1. The Hall–Kier alpha value is -1.00. The highest BCUT2D eigenvalue weighted by atomic mass is 79.9. The Bertz CT molecular complexity index is 484. The molecule has 2 aromatic rings. The number of hydrogen-bond donors (Lipinski definition) is 1. The summed E-state index contributed by atoms with van der Waals surface area (Å²) in [5, 5.41) is 4.18. The summed E-state index contributed by atoms with van der Waals surface area (Å²) in [4.78, 5) is 8.85. The molecule has 15 heavy (non-hydrogen) atoms. The zero-order valence-electron chi connectivity index (χ0n) is 8.66. The lowest BCUT2D eigenvalue weighted by molar-refractivity contribution is 0.613. The molecular weight excluding hydrogens is 254 g/mol. The quantitative estimate of drug-likeness (QED) is 0.908. The molecule has 1 aromatic heterocycles. The summed E-state index contributed by atoms with van der Waals surface area (Å²) in [5.74, 6) is 0.817. The first-order valence-corrected chi connectivity index (χ1v) is 5.60. The van der Waals surface area contributed by atoms with Crippen molar-refractivity contribution in [3.8, 4) is 0 Å². The molecule has 0 bridgehead atoms. The largest absolute Gasteiger partial charge is 0.311 e. The van der Waals surface area contributed by atoms with Crippen molar-refractivity contribution in [2.24, 2.45) is 0 Å². The van der Waals surface area contributed by atoms with Crippen LogP contribution < -0.4 is 5.32 Å². The van der Waals surface area contributed by atoms with Gasteiger partial charge in [-0.25, -0.2) is 9.97 Å². The van der Waals surface area contributed by atoms with Crippen LogP contribution in [0.15, 0.2) is 28.9 Å². The van der Waals surface area contributed by atoms with Crippen molar-refractivity contribution in [2.75, 3.05) is 7.05 Å². The molecule has 0 amide bonds. The topological polar surface area (TPSA) is 37.8 Å². The maximum Gasteiger partial charge on any atom is 0.145 e. The number of halogens is 1. The lowest BCUT2D eigenvalue weighted by Crippen LogP contribution is -2.15. The molecule has 0 saturated carbocycles. The van der Waals surface area contributed by atoms with E-state index in [0.29, 0.717) is 0 Å². The molecule has 2 rings (SSSR count). The van der Waals surface area contributed by atoms with Gasteiger partial charge in [0.15, 0.2) is 0 Å². The minimum absolute atomic E-state index is 0.168. The lowest BCUT2D eigenvalue weighted by atomic mass is 10.2. The normalized spacial score (nSPS) is 13.0. The van der Waals surface area contributed by atoms with E-state index in [9.17, 15) is 0 Å². The Kier molecular flexibility index (Phi) is 2.98. The average molecular weight is 266 g/mol. The van der Waals surface area contributed by atoms with Gasteiger partial charge in [-0.05, 0) is 36.0 Å². The fourth-order valence-corrected chi connectivity index (χ4v) is 1.84. The van der Waals surface area contributed by atoms with Crippen LogP contribution in [0.2, 0.25) is 0 Å². The van der Waals surface area contributed by atoms with E-state index >= 15 is 0 Å². The minimum Gasteiger partial charge on any atom is -0.311 e. The second-order valence-corrected chi connectivity index (χ2v) is 4.27. The summed E-state index contributed by atoms with van der Waals surface area (Å²) in [5.41, 5.74) is 0.963. The lowest BCUT2D eigenvalue weighted by Gasteiger charge is -2.09. The van der Waals surface area contributed by atoms with E-state index in [1.165, 1.54) is 0 Å². The molecular formula is C11H12BrN3. The maximum absolute atomic E-state index is 4.53. The van der Waals surface area contributed by atoms with E-state index < -0.39 is 0 Å². The van der Waals surface area contributed by atoms with Crippen molar-refractivity contribution < 1.29 is 0 Å². The van der Waals surface area contributed by atoms with Gasteiger partial charge < -0.3 is 5.32 Å². The summed E-state index contributed by atoms with van der Waals surface area (Å²) >= 11 is 3.49. The fraction of sp³-hybridized carbons (Fsp3) is 0.273. The third kappa shape index (κ3) is 2.01. The van der Waals surface area contributed by atoms with Gasteiger partial charge in [0.2, 0.25) is 0 Å². The number of rotatable bonds is 2. The molecule has 0 radical (unpaired) electrons. The molecule has 1 N–H and O–H groups in total. The van der Waals surface area contributed by atoms with Crippen molar-refractivity contribution in [3.05, 3.63) is 34.7 Å². The Morgan fingerprint density at radius 2 is 2.20 bits per heavy atom. The molecule has 1 heterocycles. The highest BCUT2D eigenvalue weighted by Crippen LogP contribution is 2.22. The van der Waals surface area contributed by atoms with Crippen LogP contribution in [-0.2, 0) is 0 Å². The van der Waals surface area contributed by atoms with Gasteiger partial charge in [-0.3, -0.25) is 0 Å². The van der Waals surface area contributed by atoms with Crippen LogP contribution in [0.5, 0.6) is 0 Å². The van der Waals surface area contributed by atoms with Gasteiger partial charge >= 0.3 is 0 Å². The maximum atomic E-state index is 4.53. The first kappa shape index (κ1) is 10.5. The van der Waals surface area contributed by atoms with Gasteiger partial charge in [0.25, 0.3) is 0 Å². The van der Waals surface area contributed by atoms with Crippen LogP contribution in [0.3, 0.4) is 0 Å². The Balaban J connectivity index is 2.59. The number of aromatic nitrogens is 2. The van der Waals surface area contributed by atoms with Crippen LogP contribution in [0, 0.1) is 0 Å². The van der Waals surface area contributed by atoms with Crippen molar-refractivity contribution in [1.29, 1.82) is 0 Å². The average Bonchev–Trinajstić information content (AvgIpc) is 2.28. The summed E-state index contributed by atoms with van der Waals surface area (Å²) in [7, 11) is 1.90. The Morgan fingerprint density at radius 3 is 2.93 bits per heavy atom. The van der Waals surface area contributed by atoms with Crippen molar-refractivity contribution in [2.45, 2.75) is 13.0 Å². The molecule has 1 atom stereocenters. The van der Waals surface area contributed by atoms with Crippen LogP contribution in [0.4, 0.5) is 0 Å². The monoisotopic (exact) mass is 265 g/mol. The predicted octanol–water partition coefficient (Wildman–Crippen LogP) is 2.67. The fourth-order valence-electron chi connectivity index (χ4n) is 1.37. The van der Waals surface area contributed by atoms with Crippen molar-refractivity contribution in [3.63, 3.8) is 0 Å². The molecule has 0 spiro atoms. The molecule has 0 fully saturated rings. The summed E-state index contributed by atoms with van der Waals surface area (Å²) < 4.78 is 1.01. The highest BCUT2D eigenvalue weighted by molar-refractivity contribution is 9.10. The van der Waals surface area contributed by atoms with Crippen LogP contribution in [0.1, 0.15) is 18.8 Å². The SMILES string of the molecule is CNC(C)c1ncc2cccc(Br)c2n1. The Morgan fingerprint density at radius 1 is 1.40 bits per heavy atom. The number of nitrogens with zero attached hydrogens (tertiary/aromatic N) is 2. The first-order valence-electron chi connectivity index (χ1n) is 4.81. The van der Waals surface area contributed by atoms with E-state index in [2.05, 4.69) is 31.2 Å². The predicted molar refractivity (Wildman–Crippen MR) is 64.7 cm³/mol. The number of para-hydroxylation sites is 1. The molecule has 78 valence electrons. The number of hydrogen-bond acceptors (Lipinski definition) is 3. The summed E-state index contributed by atoms with van der Waals surface area (Å²) in [6.07, 6.45) is 1.86. The molecule has 0 saturated heterocycles. The number of fused-ring (bicyclic) bond motifs is 1. The second kappa shape index (κ2) is 4.24. The minimum atomic E-state index is 0.168. The third-order valence-corrected chi connectivity index (χ3v) is 3.04. The van der Waals surface area contributed by atoms with Gasteiger partial charge in [-0.1, -0.05) is 12.1 Å². The molecule has 1 unspecified atom stereocenters. The van der Waals surface area contributed by atoms with Crippen molar-refractivity contribution >= 4 is 26.8 Å². The van der Waals surface area contributed by atoms with Crippen molar-refractivity contribution in [1.82, 2.24) is 15.3 Å². The van der Waals surface area contributed by atoms with E-state index in [1.54, 1.807) is 0 Å². The zero-order chi connectivity index (χ0) is 10.8. The zero-order valence-corrected chi connectivity index (χ0v) is 10.2. The van der Waals surface area contributed by atoms with Gasteiger partial charge in [0.1, 0.15) is 5.82 Å². The van der Waals surface area contributed by atoms with E-state index in [0.717, 1.165) is 21.2 Å². The van der Waals surface area contributed by atoms with Gasteiger partial charge in [-0.15, -0.1) is 0 Å². The summed E-state index contributed by atoms with van der Waals surface area (Å²) in [6.45, 7) is 2.04. The van der Waals surface area contributed by atoms with Crippen LogP contribution in [0.25, 0.3) is 10.9 Å². The molecule has 0 aliphatic rings. The van der Waals surface area contributed by atoms with E-state index in [4.69, 9.17) is 0 Å². The van der Waals surface area contributed by atoms with Crippen LogP contribution in [-0.4, -0.2) is 17.0 Å². The second-order valence-electron chi connectivity index (χ2n) is 3.42. The van der Waals surface area contributed by atoms with Gasteiger partial charge in [-0.2, -0.15) is 0 Å². The van der Waals surface area contributed by atoms with Gasteiger partial charge in [0.05, 0.1) is 11.6 Å². The third-order valence-electron chi connectivity index (χ3n) is 2.40. The van der Waals surface area contributed by atoms with Gasteiger partial charge in [0, 0.05) is 16.1 Å². The Labute approximate surface area is 97.1 Å². The highest BCUT2D eigenvalue weighted by Gasteiger charge is 2.07. The summed E-state index contributed by atoms with van der Waals surface area (Å²) in [6, 6.07) is 6.15. The molecule has 0 aliphatic heterocycles. The molecule has 4 heteroatoms. The van der Waals surface area contributed by atoms with Crippen LogP contribution >= 0.6 is 15.9 Å². The standard InChI is InChI=1S/C11H12BrN3/c1-7(13-2)11-14-6-8-4-3-5-9(12)10(8)15-11/h3-7,13H,1-2H3. The first-order chi connectivity index (χ1) is 7.22. The number of benzene rings is 1.